The number of anilines is 3. The Morgan fingerprint density at radius 3 is 2.33 bits per heavy atom. The molecule has 2 N–H and O–H groups in total. The van der Waals surface area contributed by atoms with Crippen LogP contribution in [0.5, 0.6) is 0 Å². The first kappa shape index (κ1) is 14.8. The molecule has 0 amide bonds. The van der Waals surface area contributed by atoms with Crippen LogP contribution in [0.2, 0.25) is 5.02 Å². The maximum absolute atomic E-state index is 6.14. The molecule has 21 heavy (non-hydrogen) atoms. The summed E-state index contributed by atoms with van der Waals surface area (Å²) in [7, 11) is 0. The lowest BCUT2D eigenvalue weighted by atomic mass is 10.2. The van der Waals surface area contributed by atoms with Gasteiger partial charge in [0.2, 0.25) is 0 Å². The molecule has 2 aromatic rings. The second kappa shape index (κ2) is 6.32. The highest BCUT2D eigenvalue weighted by Crippen LogP contribution is 2.27. The summed E-state index contributed by atoms with van der Waals surface area (Å²) in [4.78, 5) is 4.72. The molecule has 0 unspecified atom stereocenters. The summed E-state index contributed by atoms with van der Waals surface area (Å²) in [5.74, 6) is 0. The molecule has 3 nitrogen and oxygen atoms in total. The summed E-state index contributed by atoms with van der Waals surface area (Å²) < 4.78 is 1.17. The van der Waals surface area contributed by atoms with Crippen molar-refractivity contribution in [3.05, 3.63) is 51.1 Å². The fourth-order valence-corrected chi connectivity index (χ4v) is 3.39. The van der Waals surface area contributed by atoms with Gasteiger partial charge in [-0.3, -0.25) is 0 Å². The highest BCUT2D eigenvalue weighted by Gasteiger charge is 2.19. The van der Waals surface area contributed by atoms with Gasteiger partial charge in [0.15, 0.2) is 0 Å². The molecule has 5 heteroatoms. The Kier molecular flexibility index (Phi) is 4.45. The van der Waals surface area contributed by atoms with E-state index in [4.69, 9.17) is 17.3 Å². The van der Waals surface area contributed by atoms with Crippen LogP contribution >= 0.6 is 34.2 Å². The van der Waals surface area contributed by atoms with E-state index in [0.717, 1.165) is 42.6 Å². The molecule has 1 fully saturated rings. The van der Waals surface area contributed by atoms with Crippen molar-refractivity contribution in [3.8, 4) is 0 Å². The Hall–Kier alpha value is -1.14. The van der Waals surface area contributed by atoms with E-state index in [2.05, 4.69) is 50.6 Å². The van der Waals surface area contributed by atoms with Gasteiger partial charge in [0.25, 0.3) is 0 Å². The number of hydrogen-bond donors (Lipinski definition) is 1. The zero-order valence-electron chi connectivity index (χ0n) is 11.6. The zero-order chi connectivity index (χ0) is 14.8. The molecule has 2 aromatic carbocycles. The van der Waals surface area contributed by atoms with Crippen molar-refractivity contribution >= 4 is 51.3 Å². The van der Waals surface area contributed by atoms with E-state index in [1.165, 1.54) is 9.26 Å². The molecule has 0 aliphatic carbocycles. The van der Waals surface area contributed by atoms with E-state index >= 15 is 0 Å². The number of nitrogen functional groups attached to an aromatic ring is 1. The van der Waals surface area contributed by atoms with Crippen LogP contribution in [-0.4, -0.2) is 26.2 Å². The van der Waals surface area contributed by atoms with Crippen molar-refractivity contribution in [2.75, 3.05) is 41.7 Å². The van der Waals surface area contributed by atoms with Crippen molar-refractivity contribution in [1.82, 2.24) is 0 Å². The van der Waals surface area contributed by atoms with Crippen LogP contribution in [-0.2, 0) is 0 Å². The highest BCUT2D eigenvalue weighted by molar-refractivity contribution is 14.1. The van der Waals surface area contributed by atoms with E-state index < -0.39 is 0 Å². The quantitative estimate of drug-likeness (QED) is 0.599. The van der Waals surface area contributed by atoms with Crippen LogP contribution in [0.15, 0.2) is 42.5 Å². The van der Waals surface area contributed by atoms with Gasteiger partial charge >= 0.3 is 0 Å². The van der Waals surface area contributed by atoms with Crippen molar-refractivity contribution in [2.45, 2.75) is 0 Å². The minimum atomic E-state index is 0.789. The molecule has 0 atom stereocenters. The van der Waals surface area contributed by atoms with Gasteiger partial charge in [0.1, 0.15) is 0 Å². The third kappa shape index (κ3) is 3.37. The number of halogens is 2. The minimum Gasteiger partial charge on any atom is -0.397 e. The first-order valence-corrected chi connectivity index (χ1v) is 8.39. The van der Waals surface area contributed by atoms with Crippen LogP contribution in [0, 0.1) is 3.57 Å². The molecule has 0 bridgehead atoms. The molecular weight excluding hydrogens is 397 g/mol. The topological polar surface area (TPSA) is 32.5 Å². The van der Waals surface area contributed by atoms with Gasteiger partial charge < -0.3 is 15.5 Å². The average molecular weight is 414 g/mol. The molecule has 110 valence electrons. The van der Waals surface area contributed by atoms with Gasteiger partial charge in [-0.25, -0.2) is 0 Å². The van der Waals surface area contributed by atoms with E-state index in [9.17, 15) is 0 Å². The van der Waals surface area contributed by atoms with Gasteiger partial charge in [-0.2, -0.15) is 0 Å². The molecule has 0 radical (unpaired) electrons. The Labute approximate surface area is 143 Å². The zero-order valence-corrected chi connectivity index (χ0v) is 14.5. The van der Waals surface area contributed by atoms with Crippen LogP contribution in [0.3, 0.4) is 0 Å². The van der Waals surface area contributed by atoms with Crippen molar-refractivity contribution in [3.63, 3.8) is 0 Å². The largest absolute Gasteiger partial charge is 0.397 e. The van der Waals surface area contributed by atoms with Gasteiger partial charge in [-0.05, 0) is 59.0 Å². The summed E-state index contributed by atoms with van der Waals surface area (Å²) in [6.45, 7) is 3.89. The predicted molar refractivity (Wildman–Crippen MR) is 99.4 cm³/mol. The highest BCUT2D eigenvalue weighted by atomic mass is 127. The average Bonchev–Trinajstić information content (AvgIpc) is 2.47. The smallest absolute Gasteiger partial charge is 0.0601 e. The Morgan fingerprint density at radius 1 is 0.952 bits per heavy atom. The van der Waals surface area contributed by atoms with Crippen LogP contribution < -0.4 is 15.5 Å². The first-order valence-electron chi connectivity index (χ1n) is 6.94. The van der Waals surface area contributed by atoms with Gasteiger partial charge in [-0.15, -0.1) is 0 Å². The Bertz CT molecular complexity index is 639. The molecule has 3 rings (SSSR count). The van der Waals surface area contributed by atoms with Gasteiger partial charge in [-0.1, -0.05) is 17.7 Å². The number of rotatable bonds is 2. The Morgan fingerprint density at radius 2 is 1.67 bits per heavy atom. The monoisotopic (exact) mass is 413 g/mol. The molecular formula is C16H17ClIN3. The molecule has 0 saturated carbocycles. The summed E-state index contributed by atoms with van der Waals surface area (Å²) in [5, 5.41) is 0.789. The van der Waals surface area contributed by atoms with Crippen molar-refractivity contribution in [1.29, 1.82) is 0 Å². The SMILES string of the molecule is Nc1cc(I)ccc1N1CCN(c2cccc(Cl)c2)CC1. The molecule has 0 spiro atoms. The van der Waals surface area contributed by atoms with Crippen LogP contribution in [0.1, 0.15) is 0 Å². The number of hydrogen-bond acceptors (Lipinski definition) is 3. The minimum absolute atomic E-state index is 0.789. The fourth-order valence-electron chi connectivity index (χ4n) is 2.69. The second-order valence-corrected chi connectivity index (χ2v) is 6.84. The number of benzene rings is 2. The molecule has 0 aromatic heterocycles. The standard InChI is InChI=1S/C16H17ClIN3/c17-12-2-1-3-14(10-12)20-6-8-21(9-7-20)16-5-4-13(18)11-15(16)19/h1-5,10-11H,6-9,19H2. The van der Waals surface area contributed by atoms with E-state index in [1.807, 2.05) is 24.3 Å². The summed E-state index contributed by atoms with van der Waals surface area (Å²) in [5.41, 5.74) is 9.33. The van der Waals surface area contributed by atoms with E-state index in [-0.39, 0.29) is 0 Å². The third-order valence-electron chi connectivity index (χ3n) is 3.78. The second-order valence-electron chi connectivity index (χ2n) is 5.16. The summed E-state index contributed by atoms with van der Waals surface area (Å²) in [6, 6.07) is 14.3. The van der Waals surface area contributed by atoms with Crippen molar-refractivity contribution in [2.24, 2.45) is 0 Å². The number of nitrogens with zero attached hydrogens (tertiary/aromatic N) is 2. The number of nitrogens with two attached hydrogens (primary N) is 1. The number of piperazine rings is 1. The predicted octanol–water partition coefficient (Wildman–Crippen LogP) is 3.85. The van der Waals surface area contributed by atoms with Crippen molar-refractivity contribution < 1.29 is 0 Å². The maximum Gasteiger partial charge on any atom is 0.0601 e. The molecule has 1 heterocycles. The van der Waals surface area contributed by atoms with E-state index in [1.54, 1.807) is 0 Å². The van der Waals surface area contributed by atoms with E-state index in [0.29, 0.717) is 0 Å². The van der Waals surface area contributed by atoms with Crippen LogP contribution in [0.25, 0.3) is 0 Å². The van der Waals surface area contributed by atoms with Gasteiger partial charge in [0.05, 0.1) is 11.4 Å². The first-order chi connectivity index (χ1) is 10.1. The lowest BCUT2D eigenvalue weighted by molar-refractivity contribution is 0.654. The lowest BCUT2D eigenvalue weighted by Gasteiger charge is -2.37. The summed E-state index contributed by atoms with van der Waals surface area (Å²) >= 11 is 8.36. The Balaban J connectivity index is 1.70. The van der Waals surface area contributed by atoms with Gasteiger partial charge in [0, 0.05) is 40.5 Å². The third-order valence-corrected chi connectivity index (χ3v) is 4.69. The summed E-state index contributed by atoms with van der Waals surface area (Å²) in [6.07, 6.45) is 0. The molecule has 1 aliphatic heterocycles. The lowest BCUT2D eigenvalue weighted by Crippen LogP contribution is -2.46. The molecule has 1 saturated heterocycles. The molecule has 1 aliphatic rings. The normalized spacial score (nSPS) is 15.3. The van der Waals surface area contributed by atoms with Crippen LogP contribution in [0.4, 0.5) is 17.1 Å². The maximum atomic E-state index is 6.14. The fraction of sp³-hybridized carbons (Fsp3) is 0.250.